The molecule has 0 aliphatic heterocycles. The Balaban J connectivity index is 2.76. The Morgan fingerprint density at radius 2 is 2.42 bits per heavy atom. The van der Waals surface area contributed by atoms with Gasteiger partial charge in [0, 0.05) is 7.05 Å². The molecular formula is C8H8ClN3. The second-order valence-electron chi connectivity index (χ2n) is 2.35. The van der Waals surface area contributed by atoms with E-state index < -0.39 is 0 Å². The smallest absolute Gasteiger partial charge is 0.129 e. The van der Waals surface area contributed by atoms with E-state index in [0.29, 0.717) is 11.7 Å². The molecule has 0 unspecified atom stereocenters. The number of aromatic nitrogens is 1. The van der Waals surface area contributed by atoms with Gasteiger partial charge < -0.3 is 4.90 Å². The number of hydrogen-bond donors (Lipinski definition) is 0. The summed E-state index contributed by atoms with van der Waals surface area (Å²) in [4.78, 5) is 5.69. The molecule has 1 aromatic rings. The van der Waals surface area contributed by atoms with E-state index in [2.05, 4.69) is 4.98 Å². The van der Waals surface area contributed by atoms with Crippen LogP contribution in [0, 0.1) is 11.3 Å². The van der Waals surface area contributed by atoms with Crippen LogP contribution < -0.4 is 4.90 Å². The fourth-order valence-electron chi connectivity index (χ4n) is 0.791. The van der Waals surface area contributed by atoms with E-state index in [1.807, 2.05) is 19.2 Å². The Labute approximate surface area is 76.2 Å². The highest BCUT2D eigenvalue weighted by Crippen LogP contribution is 2.12. The number of halogens is 1. The predicted octanol–water partition coefficient (Wildman–Crippen LogP) is 1.69. The fourth-order valence-corrected chi connectivity index (χ4v) is 0.903. The molecule has 0 fully saturated rings. The molecule has 3 nitrogen and oxygen atoms in total. The largest absolute Gasteiger partial charge is 0.360 e. The van der Waals surface area contributed by atoms with E-state index in [-0.39, 0.29) is 0 Å². The summed E-state index contributed by atoms with van der Waals surface area (Å²) in [6.07, 6.45) is 1.64. The zero-order chi connectivity index (χ0) is 8.97. The molecule has 1 aromatic heterocycles. The minimum atomic E-state index is 0.351. The monoisotopic (exact) mass is 181 g/mol. The highest BCUT2D eigenvalue weighted by molar-refractivity contribution is 6.29. The number of anilines is 1. The maximum atomic E-state index is 8.41. The molecule has 1 heterocycles. The molecule has 0 spiro atoms. The Morgan fingerprint density at radius 3 is 2.92 bits per heavy atom. The van der Waals surface area contributed by atoms with Crippen molar-refractivity contribution in [2.45, 2.75) is 0 Å². The van der Waals surface area contributed by atoms with Crippen LogP contribution >= 0.6 is 11.6 Å². The van der Waals surface area contributed by atoms with Gasteiger partial charge in [-0.25, -0.2) is 4.98 Å². The lowest BCUT2D eigenvalue weighted by Crippen LogP contribution is -2.16. The summed E-state index contributed by atoms with van der Waals surface area (Å²) < 4.78 is 0. The van der Waals surface area contributed by atoms with Crippen LogP contribution in [0.15, 0.2) is 18.3 Å². The maximum Gasteiger partial charge on any atom is 0.129 e. The molecule has 0 bridgehead atoms. The van der Waals surface area contributed by atoms with Crippen molar-refractivity contribution in [1.29, 1.82) is 5.26 Å². The van der Waals surface area contributed by atoms with Crippen LogP contribution in [0.2, 0.25) is 5.15 Å². The molecule has 0 saturated carbocycles. The van der Waals surface area contributed by atoms with Crippen molar-refractivity contribution in [2.75, 3.05) is 18.5 Å². The Hall–Kier alpha value is -1.27. The van der Waals surface area contributed by atoms with Gasteiger partial charge in [-0.2, -0.15) is 5.26 Å². The minimum Gasteiger partial charge on any atom is -0.360 e. The first kappa shape index (κ1) is 8.82. The number of pyridine rings is 1. The van der Waals surface area contributed by atoms with Crippen LogP contribution in [0.1, 0.15) is 0 Å². The molecule has 0 N–H and O–H groups in total. The molecular weight excluding hydrogens is 174 g/mol. The van der Waals surface area contributed by atoms with Crippen molar-refractivity contribution in [2.24, 2.45) is 0 Å². The van der Waals surface area contributed by atoms with Crippen LogP contribution in [-0.4, -0.2) is 18.6 Å². The van der Waals surface area contributed by atoms with Gasteiger partial charge in [-0.1, -0.05) is 11.6 Å². The van der Waals surface area contributed by atoms with Gasteiger partial charge in [0.2, 0.25) is 0 Å². The average Bonchev–Trinajstić information content (AvgIpc) is 2.06. The van der Waals surface area contributed by atoms with Crippen LogP contribution in [0.3, 0.4) is 0 Å². The summed E-state index contributed by atoms with van der Waals surface area (Å²) in [5, 5.41) is 8.88. The number of nitriles is 1. The normalized spacial score (nSPS) is 9.08. The highest BCUT2D eigenvalue weighted by atomic mass is 35.5. The van der Waals surface area contributed by atoms with Gasteiger partial charge in [0.05, 0.1) is 18.0 Å². The molecule has 0 radical (unpaired) electrons. The summed E-state index contributed by atoms with van der Waals surface area (Å²) >= 11 is 5.60. The zero-order valence-electron chi connectivity index (χ0n) is 6.66. The number of hydrogen-bond acceptors (Lipinski definition) is 3. The van der Waals surface area contributed by atoms with Gasteiger partial charge in [0.15, 0.2) is 0 Å². The van der Waals surface area contributed by atoms with Crippen LogP contribution in [0.4, 0.5) is 5.69 Å². The van der Waals surface area contributed by atoms with Gasteiger partial charge >= 0.3 is 0 Å². The molecule has 0 aliphatic rings. The standard InChI is InChI=1S/C8H8ClN3/c1-12(5-4-10)7-2-3-8(9)11-6-7/h2-3,6H,5H2,1H3. The van der Waals surface area contributed by atoms with Gasteiger partial charge in [0.25, 0.3) is 0 Å². The number of rotatable bonds is 2. The van der Waals surface area contributed by atoms with E-state index in [0.717, 1.165) is 5.69 Å². The van der Waals surface area contributed by atoms with Gasteiger partial charge in [-0.15, -0.1) is 0 Å². The summed E-state index contributed by atoms with van der Waals surface area (Å²) in [5.74, 6) is 0. The Morgan fingerprint density at radius 1 is 1.67 bits per heavy atom. The quantitative estimate of drug-likeness (QED) is 0.515. The van der Waals surface area contributed by atoms with E-state index in [1.54, 1.807) is 17.2 Å². The van der Waals surface area contributed by atoms with E-state index in [4.69, 9.17) is 16.9 Å². The third-order valence-corrected chi connectivity index (χ3v) is 1.68. The molecule has 0 atom stereocenters. The average molecular weight is 182 g/mol. The van der Waals surface area contributed by atoms with Crippen molar-refractivity contribution in [3.63, 3.8) is 0 Å². The lowest BCUT2D eigenvalue weighted by Gasteiger charge is -2.13. The third-order valence-electron chi connectivity index (χ3n) is 1.46. The van der Waals surface area contributed by atoms with E-state index in [9.17, 15) is 0 Å². The van der Waals surface area contributed by atoms with Crippen LogP contribution in [-0.2, 0) is 0 Å². The van der Waals surface area contributed by atoms with Gasteiger partial charge in [-0.3, -0.25) is 0 Å². The van der Waals surface area contributed by atoms with Crippen LogP contribution in [0.5, 0.6) is 0 Å². The third kappa shape index (κ3) is 2.11. The first-order valence-electron chi connectivity index (χ1n) is 3.43. The molecule has 0 aliphatic carbocycles. The fraction of sp³-hybridized carbons (Fsp3) is 0.250. The second kappa shape index (κ2) is 3.93. The molecule has 0 amide bonds. The molecule has 0 aromatic carbocycles. The second-order valence-corrected chi connectivity index (χ2v) is 2.74. The maximum absolute atomic E-state index is 8.41. The van der Waals surface area contributed by atoms with Crippen molar-refractivity contribution < 1.29 is 0 Å². The van der Waals surface area contributed by atoms with Crippen LogP contribution in [0.25, 0.3) is 0 Å². The first-order valence-corrected chi connectivity index (χ1v) is 3.81. The molecule has 12 heavy (non-hydrogen) atoms. The summed E-state index contributed by atoms with van der Waals surface area (Å²) in [7, 11) is 1.83. The highest BCUT2D eigenvalue weighted by Gasteiger charge is 1.98. The zero-order valence-corrected chi connectivity index (χ0v) is 7.41. The first-order chi connectivity index (χ1) is 5.74. The number of nitrogens with zero attached hydrogens (tertiary/aromatic N) is 3. The molecule has 0 saturated heterocycles. The topological polar surface area (TPSA) is 39.9 Å². The van der Waals surface area contributed by atoms with Crippen molar-refractivity contribution in [3.8, 4) is 6.07 Å². The lowest BCUT2D eigenvalue weighted by atomic mass is 10.4. The molecule has 62 valence electrons. The van der Waals surface area contributed by atoms with Crippen molar-refractivity contribution in [3.05, 3.63) is 23.5 Å². The van der Waals surface area contributed by atoms with Gasteiger partial charge in [-0.05, 0) is 12.1 Å². The van der Waals surface area contributed by atoms with Crippen molar-refractivity contribution in [1.82, 2.24) is 4.98 Å². The summed E-state index contributed by atoms with van der Waals surface area (Å²) in [6.45, 7) is 0.351. The van der Waals surface area contributed by atoms with Crippen molar-refractivity contribution >= 4 is 17.3 Å². The Kier molecular flexibility index (Phi) is 2.89. The SMILES string of the molecule is CN(CC#N)c1ccc(Cl)nc1. The lowest BCUT2D eigenvalue weighted by molar-refractivity contribution is 1.03. The summed E-state index contributed by atoms with van der Waals surface area (Å²) in [5.41, 5.74) is 0.890. The predicted molar refractivity (Wildman–Crippen MR) is 48.1 cm³/mol. The molecule has 1 rings (SSSR count). The minimum absolute atomic E-state index is 0.351. The van der Waals surface area contributed by atoms with E-state index in [1.165, 1.54) is 0 Å². The summed E-state index contributed by atoms with van der Waals surface area (Å²) in [6, 6.07) is 5.57. The molecule has 4 heteroatoms. The van der Waals surface area contributed by atoms with Gasteiger partial charge in [0.1, 0.15) is 11.7 Å². The van der Waals surface area contributed by atoms with E-state index >= 15 is 0 Å². The Bertz CT molecular complexity index is 288.